The quantitative estimate of drug-likeness (QED) is 0.855. The van der Waals surface area contributed by atoms with Gasteiger partial charge in [-0.05, 0) is 49.4 Å². The maximum absolute atomic E-state index is 10.1. The fourth-order valence-electron chi connectivity index (χ4n) is 5.86. The molecule has 132 valence electrons. The molecule has 4 aliphatic rings. The molecule has 3 fully saturated rings. The molecule has 0 aliphatic carbocycles. The van der Waals surface area contributed by atoms with Crippen molar-refractivity contribution in [2.75, 3.05) is 20.3 Å². The molecule has 6 rings (SSSR count). The second-order valence-corrected chi connectivity index (χ2v) is 7.82. The van der Waals surface area contributed by atoms with Gasteiger partial charge in [-0.3, -0.25) is 4.90 Å². The van der Waals surface area contributed by atoms with E-state index in [0.717, 1.165) is 25.1 Å². The number of hydrogen-bond donors (Lipinski definition) is 1. The number of rotatable bonds is 2. The highest BCUT2D eigenvalue weighted by Crippen LogP contribution is 2.54. The smallest absolute Gasteiger partial charge is 0.119 e. The lowest BCUT2D eigenvalue weighted by Gasteiger charge is -2.58. The SMILES string of the molecule is C/C=C1/CN2[C@H]3C[C@@H]1[C@H](CO)[C@@H]2Cc1c3n(C)c2ccc(OC)cc12. The number of nitrogens with zero attached hydrogens (tertiary/aromatic N) is 2. The Morgan fingerprint density at radius 2 is 2.20 bits per heavy atom. The third-order valence-corrected chi connectivity index (χ3v) is 7.03. The molecule has 1 unspecified atom stereocenters. The summed E-state index contributed by atoms with van der Waals surface area (Å²) < 4.78 is 7.87. The number of aromatic nitrogens is 1. The third-order valence-electron chi connectivity index (χ3n) is 7.03. The molecule has 1 aromatic carbocycles. The number of methoxy groups -OCH3 is 1. The number of ether oxygens (including phenoxy) is 1. The first-order valence-electron chi connectivity index (χ1n) is 9.34. The second-order valence-electron chi connectivity index (χ2n) is 7.82. The van der Waals surface area contributed by atoms with Crippen LogP contribution in [0.25, 0.3) is 10.9 Å². The van der Waals surface area contributed by atoms with Gasteiger partial charge in [0.25, 0.3) is 0 Å². The summed E-state index contributed by atoms with van der Waals surface area (Å²) in [5.41, 5.74) is 5.78. The van der Waals surface area contributed by atoms with Crippen molar-refractivity contribution < 1.29 is 9.84 Å². The number of piperidine rings is 3. The number of benzene rings is 1. The monoisotopic (exact) mass is 338 g/mol. The highest BCUT2D eigenvalue weighted by Gasteiger charge is 2.52. The number of aliphatic hydroxyl groups is 1. The van der Waals surface area contributed by atoms with E-state index in [1.165, 1.54) is 27.7 Å². The molecular weight excluding hydrogens is 312 g/mol. The number of fused-ring (bicyclic) bond motifs is 4. The van der Waals surface area contributed by atoms with Crippen LogP contribution in [0.3, 0.4) is 0 Å². The fraction of sp³-hybridized carbons (Fsp3) is 0.524. The average Bonchev–Trinajstić information content (AvgIpc) is 2.93. The van der Waals surface area contributed by atoms with Crippen LogP contribution >= 0.6 is 0 Å². The molecule has 0 radical (unpaired) electrons. The van der Waals surface area contributed by atoms with Gasteiger partial charge in [-0.1, -0.05) is 11.6 Å². The summed E-state index contributed by atoms with van der Waals surface area (Å²) in [4.78, 5) is 2.66. The first kappa shape index (κ1) is 15.5. The maximum atomic E-state index is 10.1. The molecule has 0 amide bonds. The molecule has 4 heteroatoms. The van der Waals surface area contributed by atoms with Crippen LogP contribution in [0.2, 0.25) is 0 Å². The summed E-state index contributed by atoms with van der Waals surface area (Å²) in [6, 6.07) is 7.37. The van der Waals surface area contributed by atoms with Crippen LogP contribution in [0.15, 0.2) is 29.8 Å². The molecule has 4 nitrogen and oxygen atoms in total. The van der Waals surface area contributed by atoms with Gasteiger partial charge >= 0.3 is 0 Å². The van der Waals surface area contributed by atoms with E-state index in [9.17, 15) is 5.11 Å². The van der Waals surface area contributed by atoms with E-state index < -0.39 is 0 Å². The molecule has 3 saturated heterocycles. The first-order valence-corrected chi connectivity index (χ1v) is 9.34. The van der Waals surface area contributed by atoms with Crippen molar-refractivity contribution in [3.63, 3.8) is 0 Å². The lowest BCUT2D eigenvalue weighted by Crippen LogP contribution is -2.61. The van der Waals surface area contributed by atoms with E-state index >= 15 is 0 Å². The van der Waals surface area contributed by atoms with Gasteiger partial charge in [0, 0.05) is 48.8 Å². The van der Waals surface area contributed by atoms with E-state index in [1.54, 1.807) is 7.11 Å². The summed E-state index contributed by atoms with van der Waals surface area (Å²) in [6.45, 7) is 3.51. The number of aryl methyl sites for hydroxylation is 1. The van der Waals surface area contributed by atoms with Crippen LogP contribution in [0.5, 0.6) is 5.75 Å². The fourth-order valence-corrected chi connectivity index (χ4v) is 5.86. The summed E-state index contributed by atoms with van der Waals surface area (Å²) in [6.07, 6.45) is 4.45. The van der Waals surface area contributed by atoms with Crippen molar-refractivity contribution in [1.29, 1.82) is 0 Å². The Morgan fingerprint density at radius 3 is 2.92 bits per heavy atom. The normalized spacial score (nSPS) is 34.6. The van der Waals surface area contributed by atoms with Gasteiger partial charge in [-0.25, -0.2) is 0 Å². The second kappa shape index (κ2) is 5.36. The number of allylic oxidation sites excluding steroid dienone is 1. The minimum Gasteiger partial charge on any atom is -0.497 e. The zero-order valence-electron chi connectivity index (χ0n) is 15.2. The predicted molar refractivity (Wildman–Crippen MR) is 98.8 cm³/mol. The average molecular weight is 338 g/mol. The zero-order valence-corrected chi connectivity index (χ0v) is 15.2. The Balaban J connectivity index is 1.71. The van der Waals surface area contributed by atoms with Crippen molar-refractivity contribution in [3.8, 4) is 5.75 Å². The van der Waals surface area contributed by atoms with E-state index in [2.05, 4.69) is 47.7 Å². The Hall–Kier alpha value is -1.78. The molecular formula is C21H26N2O2. The van der Waals surface area contributed by atoms with Crippen molar-refractivity contribution in [3.05, 3.63) is 41.1 Å². The van der Waals surface area contributed by atoms with Crippen molar-refractivity contribution >= 4 is 10.9 Å². The van der Waals surface area contributed by atoms with Gasteiger partial charge in [-0.2, -0.15) is 0 Å². The van der Waals surface area contributed by atoms with Gasteiger partial charge in [0.05, 0.1) is 13.2 Å². The largest absolute Gasteiger partial charge is 0.497 e. The molecule has 1 aromatic heterocycles. The van der Waals surface area contributed by atoms with Crippen LogP contribution in [-0.4, -0.2) is 40.9 Å². The zero-order chi connectivity index (χ0) is 17.3. The molecule has 4 bridgehead atoms. The molecule has 1 N–H and O–H groups in total. The van der Waals surface area contributed by atoms with Crippen LogP contribution < -0.4 is 4.74 Å². The predicted octanol–water partition coefficient (Wildman–Crippen LogP) is 3.04. The number of aliphatic hydroxyl groups excluding tert-OH is 1. The Morgan fingerprint density at radius 1 is 1.36 bits per heavy atom. The van der Waals surface area contributed by atoms with Crippen molar-refractivity contribution in [1.82, 2.24) is 9.47 Å². The molecule has 0 spiro atoms. The standard InChI is InChI=1S/C21H26N2O2/c1-4-12-10-23-19-9-16-15-7-13(25-3)5-6-18(15)22(2)21(16)20(23)8-14(12)17(19)11-24/h4-7,14,17,19-20,24H,8-11H2,1-3H3/b12-4-/t14-,17-,19-,20-/m0/s1. The Bertz CT molecular complexity index is 882. The molecule has 4 aliphatic heterocycles. The van der Waals surface area contributed by atoms with E-state index in [1.807, 2.05) is 0 Å². The van der Waals surface area contributed by atoms with Gasteiger partial charge in [0.15, 0.2) is 0 Å². The summed E-state index contributed by atoms with van der Waals surface area (Å²) >= 11 is 0. The Kier molecular flexibility index (Phi) is 3.32. The van der Waals surface area contributed by atoms with Crippen LogP contribution in [-0.2, 0) is 13.5 Å². The highest BCUT2D eigenvalue weighted by molar-refractivity contribution is 5.87. The molecule has 5 heterocycles. The highest BCUT2D eigenvalue weighted by atomic mass is 16.5. The topological polar surface area (TPSA) is 37.6 Å². The van der Waals surface area contributed by atoms with Crippen LogP contribution in [0.4, 0.5) is 0 Å². The van der Waals surface area contributed by atoms with Crippen LogP contribution in [0.1, 0.15) is 30.6 Å². The van der Waals surface area contributed by atoms with Crippen molar-refractivity contribution in [2.24, 2.45) is 18.9 Å². The van der Waals surface area contributed by atoms with E-state index in [0.29, 0.717) is 30.5 Å². The summed E-state index contributed by atoms with van der Waals surface area (Å²) in [7, 11) is 3.94. The van der Waals surface area contributed by atoms with Crippen LogP contribution in [0, 0.1) is 11.8 Å². The molecule has 25 heavy (non-hydrogen) atoms. The van der Waals surface area contributed by atoms with Gasteiger partial charge in [-0.15, -0.1) is 0 Å². The minimum atomic E-state index is 0.291. The van der Waals surface area contributed by atoms with Gasteiger partial charge in [0.2, 0.25) is 0 Å². The maximum Gasteiger partial charge on any atom is 0.119 e. The summed E-state index contributed by atoms with van der Waals surface area (Å²) in [5.74, 6) is 1.83. The first-order chi connectivity index (χ1) is 12.2. The Labute approximate surface area is 148 Å². The van der Waals surface area contributed by atoms with Crippen molar-refractivity contribution in [2.45, 2.75) is 31.8 Å². The minimum absolute atomic E-state index is 0.291. The third kappa shape index (κ3) is 1.90. The number of hydrogen-bond acceptors (Lipinski definition) is 3. The molecule has 0 saturated carbocycles. The van der Waals surface area contributed by atoms with E-state index in [4.69, 9.17) is 4.74 Å². The van der Waals surface area contributed by atoms with Gasteiger partial charge < -0.3 is 14.4 Å². The molecule has 2 aromatic rings. The van der Waals surface area contributed by atoms with Gasteiger partial charge in [0.1, 0.15) is 5.75 Å². The summed E-state index contributed by atoms with van der Waals surface area (Å²) in [5, 5.41) is 11.4. The van der Waals surface area contributed by atoms with E-state index in [-0.39, 0.29) is 0 Å². The molecule has 5 atom stereocenters. The lowest BCUT2D eigenvalue weighted by atomic mass is 9.64. The lowest BCUT2D eigenvalue weighted by molar-refractivity contribution is -0.0513.